The molecule has 166 valence electrons. The van der Waals surface area contributed by atoms with Gasteiger partial charge in [0.2, 0.25) is 5.91 Å². The normalized spacial score (nSPS) is 14.2. The summed E-state index contributed by atoms with van der Waals surface area (Å²) in [5.41, 5.74) is 0.796. The molecular formula is C23H34N2O5. The summed E-state index contributed by atoms with van der Waals surface area (Å²) in [6, 6.07) is 3.45. The molecule has 0 spiro atoms. The van der Waals surface area contributed by atoms with Gasteiger partial charge in [-0.1, -0.05) is 41.5 Å². The highest BCUT2D eigenvalue weighted by Crippen LogP contribution is 2.39. The van der Waals surface area contributed by atoms with Crippen molar-refractivity contribution in [3.05, 3.63) is 28.8 Å². The van der Waals surface area contributed by atoms with Gasteiger partial charge in [0.25, 0.3) is 5.91 Å². The number of esters is 1. The number of hydrogen-bond acceptors (Lipinski definition) is 5. The highest BCUT2D eigenvalue weighted by Gasteiger charge is 2.29. The van der Waals surface area contributed by atoms with Gasteiger partial charge in [0.05, 0.1) is 12.1 Å². The van der Waals surface area contributed by atoms with Crippen LogP contribution in [0.2, 0.25) is 0 Å². The minimum absolute atomic E-state index is 0.0750. The Hall–Kier alpha value is -2.57. The molecule has 1 aliphatic carbocycles. The van der Waals surface area contributed by atoms with Gasteiger partial charge in [-0.3, -0.25) is 9.59 Å². The largest absolute Gasteiger partial charge is 0.507 e. The lowest BCUT2D eigenvalue weighted by atomic mass is 9.78. The molecule has 2 rings (SSSR count). The number of likely N-dealkylation sites (N-methyl/N-ethyl adjacent to an activating group) is 1. The zero-order valence-electron chi connectivity index (χ0n) is 19.1. The smallest absolute Gasteiger partial charge is 0.338 e. The predicted molar refractivity (Wildman–Crippen MR) is 115 cm³/mol. The topological polar surface area (TPSA) is 95.9 Å². The minimum Gasteiger partial charge on any atom is -0.507 e. The SMILES string of the molecule is CN(CC(=O)NC1CC1)C(=O)COC(=O)c1cc(C(C)(C)C)c(O)c(C(C)(C)C)c1. The number of ether oxygens (including phenoxy) is 1. The second-order valence-electron chi connectivity index (χ2n) is 10.1. The molecular weight excluding hydrogens is 384 g/mol. The van der Waals surface area contributed by atoms with Crippen LogP contribution in [0.1, 0.15) is 75.9 Å². The molecule has 1 aliphatic rings. The van der Waals surface area contributed by atoms with E-state index in [2.05, 4.69) is 5.32 Å². The highest BCUT2D eigenvalue weighted by atomic mass is 16.5. The summed E-state index contributed by atoms with van der Waals surface area (Å²) in [5, 5.41) is 13.6. The number of carbonyl (C=O) groups excluding carboxylic acids is 3. The van der Waals surface area contributed by atoms with E-state index in [0.717, 1.165) is 12.8 Å². The maximum atomic E-state index is 12.7. The van der Waals surface area contributed by atoms with Crippen LogP contribution in [0.3, 0.4) is 0 Å². The van der Waals surface area contributed by atoms with Gasteiger partial charge >= 0.3 is 5.97 Å². The van der Waals surface area contributed by atoms with Crippen LogP contribution < -0.4 is 5.32 Å². The lowest BCUT2D eigenvalue weighted by Gasteiger charge is -2.28. The van der Waals surface area contributed by atoms with Crippen molar-refractivity contribution in [3.63, 3.8) is 0 Å². The van der Waals surface area contributed by atoms with Crippen molar-refractivity contribution < 1.29 is 24.2 Å². The van der Waals surface area contributed by atoms with Gasteiger partial charge in [-0.25, -0.2) is 4.79 Å². The molecule has 2 amide bonds. The average molecular weight is 419 g/mol. The summed E-state index contributed by atoms with van der Waals surface area (Å²) in [6.07, 6.45) is 1.95. The van der Waals surface area contributed by atoms with Crippen molar-refractivity contribution in [1.82, 2.24) is 10.2 Å². The maximum Gasteiger partial charge on any atom is 0.338 e. The van der Waals surface area contributed by atoms with E-state index >= 15 is 0 Å². The Bertz CT molecular complexity index is 794. The summed E-state index contributed by atoms with van der Waals surface area (Å²) >= 11 is 0. The molecule has 7 heteroatoms. The molecule has 0 atom stereocenters. The quantitative estimate of drug-likeness (QED) is 0.693. The molecule has 7 nitrogen and oxygen atoms in total. The van der Waals surface area contributed by atoms with E-state index in [4.69, 9.17) is 4.74 Å². The third kappa shape index (κ3) is 6.21. The van der Waals surface area contributed by atoms with Crippen molar-refractivity contribution in [2.45, 2.75) is 71.3 Å². The van der Waals surface area contributed by atoms with E-state index in [9.17, 15) is 19.5 Å². The molecule has 1 saturated carbocycles. The Morgan fingerprint density at radius 3 is 2.00 bits per heavy atom. The zero-order valence-corrected chi connectivity index (χ0v) is 19.1. The number of hydrogen-bond donors (Lipinski definition) is 2. The number of benzene rings is 1. The van der Waals surface area contributed by atoms with Gasteiger partial charge in [0, 0.05) is 24.2 Å². The molecule has 0 saturated heterocycles. The molecule has 0 bridgehead atoms. The second-order valence-corrected chi connectivity index (χ2v) is 10.1. The predicted octanol–water partition coefficient (Wildman–Crippen LogP) is 2.88. The summed E-state index contributed by atoms with van der Waals surface area (Å²) in [7, 11) is 1.50. The van der Waals surface area contributed by atoms with E-state index in [1.54, 1.807) is 12.1 Å². The summed E-state index contributed by atoms with van der Waals surface area (Å²) in [5.74, 6) is -1.15. The lowest BCUT2D eigenvalue weighted by molar-refractivity contribution is -0.137. The molecule has 2 N–H and O–H groups in total. The van der Waals surface area contributed by atoms with Crippen LogP contribution >= 0.6 is 0 Å². The van der Waals surface area contributed by atoms with Crippen molar-refractivity contribution in [2.75, 3.05) is 20.2 Å². The van der Waals surface area contributed by atoms with E-state index in [1.165, 1.54) is 11.9 Å². The van der Waals surface area contributed by atoms with Crippen LogP contribution in [0.25, 0.3) is 0 Å². The number of phenolic OH excluding ortho intramolecular Hbond substituents is 1. The number of phenols is 1. The Labute approximate surface area is 178 Å². The molecule has 30 heavy (non-hydrogen) atoms. The molecule has 0 aliphatic heterocycles. The summed E-state index contributed by atoms with van der Waals surface area (Å²) in [4.78, 5) is 38.0. The van der Waals surface area contributed by atoms with Crippen LogP contribution in [-0.2, 0) is 25.2 Å². The second kappa shape index (κ2) is 8.66. The number of nitrogens with one attached hydrogen (secondary N) is 1. The first-order valence-electron chi connectivity index (χ1n) is 10.3. The van der Waals surface area contributed by atoms with Gasteiger partial charge in [-0.15, -0.1) is 0 Å². The number of aromatic hydroxyl groups is 1. The molecule has 0 heterocycles. The Morgan fingerprint density at radius 2 is 1.57 bits per heavy atom. The average Bonchev–Trinajstić information content (AvgIpc) is 3.41. The first-order valence-corrected chi connectivity index (χ1v) is 10.3. The van der Waals surface area contributed by atoms with Crippen molar-refractivity contribution in [2.24, 2.45) is 0 Å². The third-order valence-electron chi connectivity index (χ3n) is 5.04. The molecule has 1 aromatic rings. The molecule has 0 aromatic heterocycles. The zero-order chi connectivity index (χ0) is 22.9. The number of carbonyl (C=O) groups is 3. The first-order chi connectivity index (χ1) is 13.7. The standard InChI is InChI=1S/C23H34N2O5/c1-22(2,3)16-10-14(11-17(20(16)28)23(4,5)6)21(29)30-13-19(27)25(7)12-18(26)24-15-8-9-15/h10-11,15,28H,8-9,12-13H2,1-7H3,(H,24,26). The third-order valence-corrected chi connectivity index (χ3v) is 5.04. The Balaban J connectivity index is 2.10. The Morgan fingerprint density at radius 1 is 1.07 bits per heavy atom. The number of amides is 2. The van der Waals surface area contributed by atoms with E-state index in [0.29, 0.717) is 11.1 Å². The van der Waals surface area contributed by atoms with Gasteiger partial charge in [-0.2, -0.15) is 0 Å². The van der Waals surface area contributed by atoms with Crippen molar-refractivity contribution >= 4 is 17.8 Å². The van der Waals surface area contributed by atoms with Crippen LogP contribution in [0.15, 0.2) is 12.1 Å². The van der Waals surface area contributed by atoms with Gasteiger partial charge in [-0.05, 0) is 35.8 Å². The van der Waals surface area contributed by atoms with Gasteiger partial charge < -0.3 is 20.1 Å². The van der Waals surface area contributed by atoms with Crippen LogP contribution in [0.5, 0.6) is 5.75 Å². The minimum atomic E-state index is -0.643. The van der Waals surface area contributed by atoms with Crippen LogP contribution in [0, 0.1) is 0 Å². The fraction of sp³-hybridized carbons (Fsp3) is 0.609. The van der Waals surface area contributed by atoms with E-state index in [-0.39, 0.29) is 40.6 Å². The molecule has 0 radical (unpaired) electrons. The van der Waals surface area contributed by atoms with Crippen molar-refractivity contribution in [1.29, 1.82) is 0 Å². The van der Waals surface area contributed by atoms with Gasteiger partial charge in [0.15, 0.2) is 6.61 Å². The fourth-order valence-electron chi connectivity index (χ4n) is 3.02. The fourth-order valence-corrected chi connectivity index (χ4v) is 3.02. The number of rotatable bonds is 6. The van der Waals surface area contributed by atoms with E-state index < -0.39 is 18.5 Å². The molecule has 1 fully saturated rings. The summed E-state index contributed by atoms with van der Waals surface area (Å²) in [6.45, 7) is 11.2. The van der Waals surface area contributed by atoms with Crippen molar-refractivity contribution in [3.8, 4) is 5.75 Å². The maximum absolute atomic E-state index is 12.7. The number of nitrogens with zero attached hydrogens (tertiary/aromatic N) is 1. The highest BCUT2D eigenvalue weighted by molar-refractivity contribution is 5.93. The molecule has 0 unspecified atom stereocenters. The van der Waals surface area contributed by atoms with Crippen LogP contribution in [-0.4, -0.2) is 54.0 Å². The van der Waals surface area contributed by atoms with Crippen LogP contribution in [0.4, 0.5) is 0 Å². The van der Waals surface area contributed by atoms with Gasteiger partial charge in [0.1, 0.15) is 5.75 Å². The first kappa shape index (κ1) is 23.7. The lowest BCUT2D eigenvalue weighted by Crippen LogP contribution is -2.40. The Kier molecular flexibility index (Phi) is 6.84. The monoisotopic (exact) mass is 418 g/mol. The summed E-state index contributed by atoms with van der Waals surface area (Å²) < 4.78 is 5.22. The molecule has 1 aromatic carbocycles. The van der Waals surface area contributed by atoms with E-state index in [1.807, 2.05) is 41.5 Å².